The van der Waals surface area contributed by atoms with Crippen molar-refractivity contribution in [3.8, 4) is 18.1 Å². The number of rotatable bonds is 8. The molecule has 0 fully saturated rings. The quantitative estimate of drug-likeness (QED) is 0.557. The molecule has 0 spiro atoms. The first-order valence-electron chi connectivity index (χ1n) is 6.49. The van der Waals surface area contributed by atoms with Gasteiger partial charge in [-0.1, -0.05) is 24.1 Å². The van der Waals surface area contributed by atoms with Crippen LogP contribution >= 0.6 is 0 Å². The van der Waals surface area contributed by atoms with E-state index in [1.165, 1.54) is 0 Å². The lowest BCUT2D eigenvalue weighted by Gasteiger charge is -2.18. The number of nitrogens with zero attached hydrogens (tertiary/aromatic N) is 1. The van der Waals surface area contributed by atoms with Crippen LogP contribution in [0.1, 0.15) is 6.42 Å². The zero-order valence-corrected chi connectivity index (χ0v) is 11.6. The number of urea groups is 1. The Bertz CT molecular complexity index is 496. The lowest BCUT2D eigenvalue weighted by atomic mass is 10.3. The topological polar surface area (TPSA) is 78.9 Å². The van der Waals surface area contributed by atoms with E-state index in [9.17, 15) is 9.59 Å². The molecule has 6 nitrogen and oxygen atoms in total. The minimum atomic E-state index is -1.10. The Balaban J connectivity index is 2.22. The third-order valence-corrected chi connectivity index (χ3v) is 2.50. The second-order valence-electron chi connectivity index (χ2n) is 4.20. The van der Waals surface area contributed by atoms with Gasteiger partial charge in [0.05, 0.1) is 13.2 Å². The maximum absolute atomic E-state index is 11.7. The predicted octanol–water partition coefficient (Wildman–Crippen LogP) is 1.18. The number of aliphatic carboxylic acids is 1. The van der Waals surface area contributed by atoms with Crippen LogP contribution in [-0.4, -0.2) is 48.2 Å². The van der Waals surface area contributed by atoms with E-state index in [2.05, 4.69) is 11.2 Å². The molecule has 0 unspecified atom stereocenters. The van der Waals surface area contributed by atoms with Gasteiger partial charge in [-0.25, -0.2) is 4.79 Å². The molecule has 2 N–H and O–H groups in total. The van der Waals surface area contributed by atoms with Crippen LogP contribution in [-0.2, 0) is 4.79 Å². The van der Waals surface area contributed by atoms with Crippen molar-refractivity contribution in [3.05, 3.63) is 30.3 Å². The SMILES string of the molecule is C#CCN(CC(=O)O)C(=O)NCCCOc1ccccc1. The second kappa shape index (κ2) is 9.26. The molecule has 6 heteroatoms. The Labute approximate surface area is 123 Å². The van der Waals surface area contributed by atoms with E-state index < -0.39 is 18.5 Å². The van der Waals surface area contributed by atoms with Gasteiger partial charge >= 0.3 is 12.0 Å². The molecule has 0 aliphatic rings. The molecular formula is C15H18N2O4. The predicted molar refractivity (Wildman–Crippen MR) is 78.0 cm³/mol. The van der Waals surface area contributed by atoms with Crippen LogP contribution in [0.2, 0.25) is 0 Å². The maximum Gasteiger partial charge on any atom is 0.323 e. The first kappa shape index (κ1) is 16.4. The number of terminal acetylenes is 1. The van der Waals surface area contributed by atoms with Crippen molar-refractivity contribution < 1.29 is 19.4 Å². The Kier molecular flexibility index (Phi) is 7.22. The molecule has 0 aliphatic carbocycles. The summed E-state index contributed by atoms with van der Waals surface area (Å²) in [4.78, 5) is 23.4. The van der Waals surface area contributed by atoms with Crippen molar-refractivity contribution in [2.45, 2.75) is 6.42 Å². The van der Waals surface area contributed by atoms with Crippen molar-refractivity contribution in [2.75, 3.05) is 26.2 Å². The minimum absolute atomic E-state index is 0.0430. The van der Waals surface area contributed by atoms with Crippen molar-refractivity contribution in [1.29, 1.82) is 0 Å². The zero-order chi connectivity index (χ0) is 15.5. The molecule has 0 saturated heterocycles. The van der Waals surface area contributed by atoms with Crippen LogP contribution in [0.5, 0.6) is 5.75 Å². The van der Waals surface area contributed by atoms with E-state index in [0.717, 1.165) is 10.6 Å². The number of carbonyl (C=O) groups is 2. The Hall–Kier alpha value is -2.68. The molecule has 0 heterocycles. The van der Waals surface area contributed by atoms with Gasteiger partial charge in [0.2, 0.25) is 0 Å². The fourth-order valence-corrected chi connectivity index (χ4v) is 1.56. The van der Waals surface area contributed by atoms with Gasteiger partial charge in [-0.2, -0.15) is 0 Å². The van der Waals surface area contributed by atoms with Crippen molar-refractivity contribution in [3.63, 3.8) is 0 Å². The molecule has 0 saturated carbocycles. The normalized spacial score (nSPS) is 9.48. The molecule has 0 bridgehead atoms. The summed E-state index contributed by atoms with van der Waals surface area (Å²) in [7, 11) is 0. The smallest absolute Gasteiger partial charge is 0.323 e. The molecule has 21 heavy (non-hydrogen) atoms. The van der Waals surface area contributed by atoms with Gasteiger partial charge in [-0.05, 0) is 18.6 Å². The van der Waals surface area contributed by atoms with E-state index in [0.29, 0.717) is 19.6 Å². The Morgan fingerprint density at radius 1 is 1.33 bits per heavy atom. The highest BCUT2D eigenvalue weighted by atomic mass is 16.5. The minimum Gasteiger partial charge on any atom is -0.494 e. The summed E-state index contributed by atoms with van der Waals surface area (Å²) in [5.74, 6) is 1.92. The van der Waals surface area contributed by atoms with Crippen LogP contribution in [0.4, 0.5) is 4.79 Å². The number of benzene rings is 1. The number of hydrogen-bond acceptors (Lipinski definition) is 3. The van der Waals surface area contributed by atoms with Crippen LogP contribution in [0.3, 0.4) is 0 Å². The van der Waals surface area contributed by atoms with E-state index in [-0.39, 0.29) is 6.54 Å². The number of ether oxygens (including phenoxy) is 1. The van der Waals surface area contributed by atoms with Gasteiger partial charge < -0.3 is 20.1 Å². The van der Waals surface area contributed by atoms with E-state index >= 15 is 0 Å². The summed E-state index contributed by atoms with van der Waals surface area (Å²) < 4.78 is 5.47. The summed E-state index contributed by atoms with van der Waals surface area (Å²) in [6, 6.07) is 8.85. The average molecular weight is 290 g/mol. The highest BCUT2D eigenvalue weighted by Crippen LogP contribution is 2.07. The number of nitrogens with one attached hydrogen (secondary N) is 1. The monoisotopic (exact) mass is 290 g/mol. The van der Waals surface area contributed by atoms with Gasteiger partial charge in [0.25, 0.3) is 0 Å². The zero-order valence-electron chi connectivity index (χ0n) is 11.6. The molecule has 1 aromatic rings. The van der Waals surface area contributed by atoms with Crippen LogP contribution in [0.25, 0.3) is 0 Å². The first-order valence-corrected chi connectivity index (χ1v) is 6.49. The summed E-state index contributed by atoms with van der Waals surface area (Å²) in [6.45, 7) is 0.375. The molecule has 1 rings (SSSR count). The molecule has 0 aliphatic heterocycles. The fraction of sp³-hybridized carbons (Fsp3) is 0.333. The van der Waals surface area contributed by atoms with Gasteiger partial charge in [0.1, 0.15) is 12.3 Å². The Morgan fingerprint density at radius 2 is 2.05 bits per heavy atom. The molecule has 0 radical (unpaired) electrons. The molecule has 2 amide bonds. The van der Waals surface area contributed by atoms with Gasteiger partial charge in [0, 0.05) is 6.54 Å². The Morgan fingerprint density at radius 3 is 2.67 bits per heavy atom. The van der Waals surface area contributed by atoms with Gasteiger partial charge in [0.15, 0.2) is 0 Å². The van der Waals surface area contributed by atoms with Crippen LogP contribution in [0.15, 0.2) is 30.3 Å². The number of carbonyl (C=O) groups excluding carboxylic acids is 1. The summed E-state index contributed by atoms with van der Waals surface area (Å²) in [5, 5.41) is 11.3. The number of para-hydroxylation sites is 1. The first-order chi connectivity index (χ1) is 10.1. The molecule has 0 atom stereocenters. The fourth-order valence-electron chi connectivity index (χ4n) is 1.56. The van der Waals surface area contributed by atoms with Crippen molar-refractivity contribution in [2.24, 2.45) is 0 Å². The molecule has 1 aromatic carbocycles. The van der Waals surface area contributed by atoms with Crippen LogP contribution in [0, 0.1) is 12.3 Å². The maximum atomic E-state index is 11.7. The third-order valence-electron chi connectivity index (χ3n) is 2.50. The van der Waals surface area contributed by atoms with E-state index in [1.807, 2.05) is 30.3 Å². The standard InChI is InChI=1S/C15H18N2O4/c1-2-10-17(12-14(18)19)15(20)16-9-6-11-21-13-7-4-3-5-8-13/h1,3-5,7-8H,6,9-12H2,(H,16,20)(H,18,19). The van der Waals surface area contributed by atoms with Crippen molar-refractivity contribution in [1.82, 2.24) is 10.2 Å². The van der Waals surface area contributed by atoms with E-state index in [1.54, 1.807) is 0 Å². The highest BCUT2D eigenvalue weighted by molar-refractivity contribution is 5.80. The molecule has 112 valence electrons. The summed E-state index contributed by atoms with van der Waals surface area (Å²) in [5.41, 5.74) is 0. The highest BCUT2D eigenvalue weighted by Gasteiger charge is 2.14. The van der Waals surface area contributed by atoms with Crippen LogP contribution < -0.4 is 10.1 Å². The van der Waals surface area contributed by atoms with Gasteiger partial charge in [-0.3, -0.25) is 4.79 Å². The number of amides is 2. The number of carboxylic acids is 1. The third kappa shape index (κ3) is 6.87. The summed E-state index contributed by atoms with van der Waals surface area (Å²) in [6.07, 6.45) is 5.71. The number of carboxylic acid groups (broad SMARTS) is 1. The van der Waals surface area contributed by atoms with E-state index in [4.69, 9.17) is 16.3 Å². The molecular weight excluding hydrogens is 272 g/mol. The lowest BCUT2D eigenvalue weighted by Crippen LogP contribution is -2.43. The number of hydrogen-bond donors (Lipinski definition) is 2. The second-order valence-corrected chi connectivity index (χ2v) is 4.20. The molecule has 0 aromatic heterocycles. The average Bonchev–Trinajstić information content (AvgIpc) is 2.47. The largest absolute Gasteiger partial charge is 0.494 e. The summed E-state index contributed by atoms with van der Waals surface area (Å²) >= 11 is 0. The van der Waals surface area contributed by atoms with Gasteiger partial charge in [-0.15, -0.1) is 6.42 Å². The van der Waals surface area contributed by atoms with Crippen molar-refractivity contribution >= 4 is 12.0 Å². The lowest BCUT2D eigenvalue weighted by molar-refractivity contribution is -0.137.